The Morgan fingerprint density at radius 1 is 1.35 bits per heavy atom. The first-order valence-electron chi connectivity index (χ1n) is 5.43. The number of carbonyl (C=O) groups is 2. The number of allylic oxidation sites excluding steroid dienone is 2. The van der Waals surface area contributed by atoms with Gasteiger partial charge in [0, 0.05) is 5.92 Å². The van der Waals surface area contributed by atoms with Gasteiger partial charge in [0.05, 0.1) is 13.5 Å². The first-order valence-corrected chi connectivity index (χ1v) is 5.43. The number of carbonyl (C=O) groups excluding carboxylic acids is 2. The molecule has 17 heavy (non-hydrogen) atoms. The number of aldehydes is 1. The monoisotopic (exact) mass is 232 g/mol. The fourth-order valence-electron chi connectivity index (χ4n) is 1.54. The van der Waals surface area contributed by atoms with E-state index in [0.717, 1.165) is 17.4 Å². The summed E-state index contributed by atoms with van der Waals surface area (Å²) in [6, 6.07) is 9.73. The summed E-state index contributed by atoms with van der Waals surface area (Å²) in [5.74, 6) is -0.804. The molecule has 1 atom stereocenters. The Balaban J connectivity index is 2.78. The van der Waals surface area contributed by atoms with Crippen LogP contribution >= 0.6 is 0 Å². The van der Waals surface area contributed by atoms with E-state index in [9.17, 15) is 9.59 Å². The molecule has 0 aliphatic rings. The molecule has 0 radical (unpaired) electrons. The molecular weight excluding hydrogens is 216 g/mol. The predicted molar refractivity (Wildman–Crippen MR) is 66.3 cm³/mol. The van der Waals surface area contributed by atoms with Crippen molar-refractivity contribution in [3.63, 3.8) is 0 Å². The lowest BCUT2D eigenvalue weighted by atomic mass is 10.00. The zero-order valence-electron chi connectivity index (χ0n) is 10.1. The number of hydrogen-bond acceptors (Lipinski definition) is 3. The van der Waals surface area contributed by atoms with E-state index in [1.165, 1.54) is 7.11 Å². The van der Waals surface area contributed by atoms with Gasteiger partial charge in [0.1, 0.15) is 6.29 Å². The van der Waals surface area contributed by atoms with Gasteiger partial charge in [0.15, 0.2) is 0 Å². The Kier molecular flexibility index (Phi) is 5.14. The highest BCUT2D eigenvalue weighted by Gasteiger charge is 2.11. The maximum Gasteiger partial charge on any atom is 0.306 e. The molecule has 3 heteroatoms. The summed E-state index contributed by atoms with van der Waals surface area (Å²) >= 11 is 0. The van der Waals surface area contributed by atoms with Crippen LogP contribution < -0.4 is 0 Å². The van der Waals surface area contributed by atoms with E-state index >= 15 is 0 Å². The van der Waals surface area contributed by atoms with Crippen LogP contribution in [0.3, 0.4) is 0 Å². The minimum Gasteiger partial charge on any atom is -0.469 e. The average Bonchev–Trinajstić information content (AvgIpc) is 2.38. The van der Waals surface area contributed by atoms with E-state index in [1.807, 2.05) is 37.3 Å². The Hall–Kier alpha value is -1.90. The van der Waals surface area contributed by atoms with Crippen molar-refractivity contribution in [1.29, 1.82) is 0 Å². The highest BCUT2D eigenvalue weighted by Crippen LogP contribution is 2.16. The van der Waals surface area contributed by atoms with Gasteiger partial charge in [-0.15, -0.1) is 0 Å². The number of ether oxygens (including phenoxy) is 1. The lowest BCUT2D eigenvalue weighted by Crippen LogP contribution is -2.09. The van der Waals surface area contributed by atoms with Crippen molar-refractivity contribution in [2.75, 3.05) is 7.11 Å². The SMILES string of the molecule is COC(=O)C[C@H](C=O)/C=C(\C)c1ccccc1. The van der Waals surface area contributed by atoms with Crippen LogP contribution in [0.5, 0.6) is 0 Å². The zero-order chi connectivity index (χ0) is 12.7. The fourth-order valence-corrected chi connectivity index (χ4v) is 1.54. The van der Waals surface area contributed by atoms with Gasteiger partial charge in [-0.3, -0.25) is 4.79 Å². The second kappa shape index (κ2) is 6.63. The van der Waals surface area contributed by atoms with E-state index in [-0.39, 0.29) is 12.4 Å². The number of esters is 1. The van der Waals surface area contributed by atoms with Crippen molar-refractivity contribution in [2.24, 2.45) is 5.92 Å². The van der Waals surface area contributed by atoms with E-state index in [2.05, 4.69) is 4.74 Å². The molecule has 0 aliphatic carbocycles. The number of rotatable bonds is 5. The molecule has 0 unspecified atom stereocenters. The maximum atomic E-state index is 11.1. The summed E-state index contributed by atoms with van der Waals surface area (Å²) in [4.78, 5) is 22.0. The maximum absolute atomic E-state index is 11.1. The summed E-state index contributed by atoms with van der Waals surface area (Å²) in [6.07, 6.45) is 2.65. The first-order chi connectivity index (χ1) is 8.17. The highest BCUT2D eigenvalue weighted by atomic mass is 16.5. The Morgan fingerprint density at radius 2 is 2.00 bits per heavy atom. The van der Waals surface area contributed by atoms with Crippen LogP contribution in [0.1, 0.15) is 18.9 Å². The summed E-state index contributed by atoms with van der Waals surface area (Å²) in [7, 11) is 1.32. The van der Waals surface area contributed by atoms with Gasteiger partial charge >= 0.3 is 5.97 Å². The van der Waals surface area contributed by atoms with E-state index in [4.69, 9.17) is 0 Å². The van der Waals surface area contributed by atoms with Gasteiger partial charge < -0.3 is 9.53 Å². The van der Waals surface area contributed by atoms with Crippen LogP contribution in [0.25, 0.3) is 5.57 Å². The number of hydrogen-bond donors (Lipinski definition) is 0. The minimum absolute atomic E-state index is 0.0875. The van der Waals surface area contributed by atoms with Gasteiger partial charge in [0.25, 0.3) is 0 Å². The van der Waals surface area contributed by atoms with E-state index in [1.54, 1.807) is 6.08 Å². The Labute approximate surface area is 101 Å². The summed E-state index contributed by atoms with van der Waals surface area (Å²) in [6.45, 7) is 1.92. The van der Waals surface area contributed by atoms with Gasteiger partial charge in [-0.1, -0.05) is 36.4 Å². The van der Waals surface area contributed by atoms with Crippen molar-refractivity contribution < 1.29 is 14.3 Å². The average molecular weight is 232 g/mol. The molecule has 1 rings (SSSR count). The second-order valence-corrected chi connectivity index (χ2v) is 3.80. The Morgan fingerprint density at radius 3 is 2.53 bits per heavy atom. The third kappa shape index (κ3) is 4.23. The molecule has 0 heterocycles. The summed E-state index contributed by atoms with van der Waals surface area (Å²) < 4.78 is 4.54. The zero-order valence-corrected chi connectivity index (χ0v) is 10.1. The number of benzene rings is 1. The Bertz CT molecular complexity index is 407. The van der Waals surface area contributed by atoms with Gasteiger partial charge in [0.2, 0.25) is 0 Å². The van der Waals surface area contributed by atoms with Crippen molar-refractivity contribution in [2.45, 2.75) is 13.3 Å². The summed E-state index contributed by atoms with van der Waals surface area (Å²) in [5.41, 5.74) is 2.02. The van der Waals surface area contributed by atoms with Crippen LogP contribution in [0, 0.1) is 5.92 Å². The highest BCUT2D eigenvalue weighted by molar-refractivity contribution is 5.77. The fraction of sp³-hybridized carbons (Fsp3) is 0.286. The molecule has 0 saturated heterocycles. The van der Waals surface area contributed by atoms with Crippen LogP contribution in [0.15, 0.2) is 36.4 Å². The largest absolute Gasteiger partial charge is 0.469 e. The minimum atomic E-state index is -0.428. The molecule has 0 spiro atoms. The van der Waals surface area contributed by atoms with Crippen LogP contribution in [0.4, 0.5) is 0 Å². The first kappa shape index (κ1) is 13.2. The molecule has 0 saturated carbocycles. The van der Waals surface area contributed by atoms with Crippen molar-refractivity contribution in [3.8, 4) is 0 Å². The third-order valence-electron chi connectivity index (χ3n) is 2.50. The van der Waals surface area contributed by atoms with Crippen LogP contribution in [-0.2, 0) is 14.3 Å². The molecule has 0 aromatic heterocycles. The van der Waals surface area contributed by atoms with Crippen LogP contribution in [0.2, 0.25) is 0 Å². The third-order valence-corrected chi connectivity index (χ3v) is 2.50. The van der Waals surface area contributed by atoms with Crippen molar-refractivity contribution in [3.05, 3.63) is 42.0 Å². The van der Waals surface area contributed by atoms with Crippen molar-refractivity contribution >= 4 is 17.8 Å². The normalized spacial score (nSPS) is 12.9. The molecule has 3 nitrogen and oxygen atoms in total. The van der Waals surface area contributed by atoms with E-state index < -0.39 is 5.92 Å². The lowest BCUT2D eigenvalue weighted by molar-refractivity contribution is -0.142. The summed E-state index contributed by atoms with van der Waals surface area (Å²) in [5, 5.41) is 0. The quantitative estimate of drug-likeness (QED) is 0.578. The molecule has 0 fully saturated rings. The molecule has 1 aromatic rings. The molecule has 1 aromatic carbocycles. The standard InChI is InChI=1S/C14H16O3/c1-11(13-6-4-3-5-7-13)8-12(10-15)9-14(16)17-2/h3-8,10,12H,9H2,1-2H3/b11-8+/t12-/m1/s1. The second-order valence-electron chi connectivity index (χ2n) is 3.80. The molecule has 0 bridgehead atoms. The molecule has 0 N–H and O–H groups in total. The topological polar surface area (TPSA) is 43.4 Å². The van der Waals surface area contributed by atoms with E-state index in [0.29, 0.717) is 0 Å². The van der Waals surface area contributed by atoms with Gasteiger partial charge in [-0.2, -0.15) is 0 Å². The molecule has 0 amide bonds. The molecular formula is C14H16O3. The smallest absolute Gasteiger partial charge is 0.306 e. The lowest BCUT2D eigenvalue weighted by Gasteiger charge is -2.06. The predicted octanol–water partition coefficient (Wildman–Crippen LogP) is 2.47. The van der Waals surface area contributed by atoms with Crippen LogP contribution in [-0.4, -0.2) is 19.4 Å². The number of methoxy groups -OCH3 is 1. The van der Waals surface area contributed by atoms with Crippen molar-refractivity contribution in [1.82, 2.24) is 0 Å². The van der Waals surface area contributed by atoms with Gasteiger partial charge in [-0.25, -0.2) is 0 Å². The molecule has 90 valence electrons. The van der Waals surface area contributed by atoms with Gasteiger partial charge in [-0.05, 0) is 18.1 Å². The molecule has 0 aliphatic heterocycles.